The maximum absolute atomic E-state index is 12.4. The first-order chi connectivity index (χ1) is 6.45. The van der Waals surface area contributed by atoms with E-state index in [0.29, 0.717) is 0 Å². The number of hydrogen-bond donors (Lipinski definition) is 0. The molecule has 0 aromatic carbocycles. The molecule has 0 aliphatic carbocycles. The van der Waals surface area contributed by atoms with Crippen LogP contribution in [0.1, 0.15) is 17.7 Å². The summed E-state index contributed by atoms with van der Waals surface area (Å²) in [5.74, 6) is 0. The van der Waals surface area contributed by atoms with Gasteiger partial charge in [0, 0.05) is 5.69 Å². The number of rotatable bonds is 2. The molecule has 76 valence electrons. The van der Waals surface area contributed by atoms with Crippen molar-refractivity contribution < 1.29 is 13.7 Å². The van der Waals surface area contributed by atoms with Crippen LogP contribution in [0, 0.1) is 17.0 Å². The van der Waals surface area contributed by atoms with Crippen molar-refractivity contribution in [3.63, 3.8) is 0 Å². The lowest BCUT2D eigenvalue weighted by Gasteiger charge is -2.06. The highest BCUT2D eigenvalue weighted by Gasteiger charge is 2.23. The summed E-state index contributed by atoms with van der Waals surface area (Å²) in [6.45, 7) is 1.37. The Balaban J connectivity index is 3.41. The fourth-order valence-electron chi connectivity index (χ4n) is 0.962. The van der Waals surface area contributed by atoms with E-state index < -0.39 is 22.6 Å². The lowest BCUT2D eigenvalue weighted by atomic mass is 10.2. The second-order valence-electron chi connectivity index (χ2n) is 2.51. The first-order valence-electron chi connectivity index (χ1n) is 3.52. The molecule has 1 heterocycles. The van der Waals surface area contributed by atoms with Crippen LogP contribution < -0.4 is 0 Å². The molecule has 0 N–H and O–H groups in total. The molecule has 0 bridgehead atoms. The zero-order valence-corrected chi connectivity index (χ0v) is 8.59. The van der Waals surface area contributed by atoms with Crippen LogP contribution >= 0.6 is 15.9 Å². The fraction of sp³-hybridized carbons (Fsp3) is 0.286. The number of pyridine rings is 1. The molecule has 1 aromatic rings. The van der Waals surface area contributed by atoms with Crippen LogP contribution in [0.5, 0.6) is 0 Å². The lowest BCUT2D eigenvalue weighted by Crippen LogP contribution is -1.99. The average molecular weight is 267 g/mol. The van der Waals surface area contributed by atoms with Crippen LogP contribution in [0.2, 0.25) is 0 Å². The Bertz CT molecular complexity index is 384. The first-order valence-corrected chi connectivity index (χ1v) is 4.32. The molecule has 0 unspecified atom stereocenters. The highest BCUT2D eigenvalue weighted by atomic mass is 79.9. The third-order valence-corrected chi connectivity index (χ3v) is 2.48. The van der Waals surface area contributed by atoms with Gasteiger partial charge < -0.3 is 0 Å². The van der Waals surface area contributed by atoms with Gasteiger partial charge in [0.15, 0.2) is 0 Å². The second-order valence-corrected chi connectivity index (χ2v) is 3.31. The number of alkyl halides is 2. The molecule has 1 rings (SSSR count). The summed E-state index contributed by atoms with van der Waals surface area (Å²) in [4.78, 5) is 13.2. The maximum atomic E-state index is 12.4. The number of aromatic nitrogens is 1. The maximum Gasteiger partial charge on any atom is 0.302 e. The lowest BCUT2D eigenvalue weighted by molar-refractivity contribution is -0.386. The van der Waals surface area contributed by atoms with Gasteiger partial charge in [-0.3, -0.25) is 15.1 Å². The summed E-state index contributed by atoms with van der Waals surface area (Å²) in [6.07, 6.45) is -1.83. The number of halogens is 3. The Morgan fingerprint density at radius 3 is 2.64 bits per heavy atom. The molecule has 14 heavy (non-hydrogen) atoms. The SMILES string of the molecule is Cc1ncc([N+](=O)[O-])c(Br)c1C(F)F. The van der Waals surface area contributed by atoms with Gasteiger partial charge in [-0.25, -0.2) is 8.78 Å². The van der Waals surface area contributed by atoms with Crippen molar-refractivity contribution in [1.82, 2.24) is 4.98 Å². The van der Waals surface area contributed by atoms with E-state index in [1.807, 2.05) is 0 Å². The van der Waals surface area contributed by atoms with Gasteiger partial charge in [-0.1, -0.05) is 0 Å². The highest BCUT2D eigenvalue weighted by molar-refractivity contribution is 9.10. The molecule has 0 fully saturated rings. The van der Waals surface area contributed by atoms with Crippen molar-refractivity contribution in [2.75, 3.05) is 0 Å². The van der Waals surface area contributed by atoms with Gasteiger partial charge in [0.1, 0.15) is 10.7 Å². The van der Waals surface area contributed by atoms with E-state index in [-0.39, 0.29) is 10.2 Å². The molecule has 4 nitrogen and oxygen atoms in total. The zero-order valence-electron chi connectivity index (χ0n) is 7.00. The first kappa shape index (κ1) is 11.0. The van der Waals surface area contributed by atoms with Gasteiger partial charge in [0.05, 0.1) is 10.5 Å². The third-order valence-electron chi connectivity index (χ3n) is 1.65. The van der Waals surface area contributed by atoms with E-state index in [9.17, 15) is 18.9 Å². The van der Waals surface area contributed by atoms with Crippen LogP contribution in [-0.2, 0) is 0 Å². The summed E-state index contributed by atoms with van der Waals surface area (Å²) in [7, 11) is 0. The number of hydrogen-bond acceptors (Lipinski definition) is 3. The minimum absolute atomic E-state index is 0.0810. The predicted octanol–water partition coefficient (Wildman–Crippen LogP) is 3.00. The predicted molar refractivity (Wildman–Crippen MR) is 48.3 cm³/mol. The smallest absolute Gasteiger partial charge is 0.258 e. The van der Waals surface area contributed by atoms with Crippen LogP contribution in [0.4, 0.5) is 14.5 Å². The van der Waals surface area contributed by atoms with Gasteiger partial charge in [0.25, 0.3) is 6.43 Å². The number of nitro groups is 1. The molecular formula is C7H5BrF2N2O2. The van der Waals surface area contributed by atoms with Gasteiger partial charge in [-0.2, -0.15) is 0 Å². The normalized spacial score (nSPS) is 10.6. The Labute approximate surface area is 86.2 Å². The fourth-order valence-corrected chi connectivity index (χ4v) is 1.67. The number of aryl methyl sites for hydroxylation is 1. The summed E-state index contributed by atoms with van der Waals surface area (Å²) >= 11 is 2.77. The summed E-state index contributed by atoms with van der Waals surface area (Å²) in [5, 5.41) is 10.4. The standard InChI is InChI=1S/C7H5BrF2N2O2/c1-3-5(7(9)10)6(8)4(2-11-3)12(13)14/h2,7H,1H3. The van der Waals surface area contributed by atoms with Crippen LogP contribution in [0.25, 0.3) is 0 Å². The van der Waals surface area contributed by atoms with Gasteiger partial charge in [0.2, 0.25) is 0 Å². The van der Waals surface area contributed by atoms with Crippen molar-refractivity contribution in [3.05, 3.63) is 32.0 Å². The quantitative estimate of drug-likeness (QED) is 0.611. The summed E-state index contributed by atoms with van der Waals surface area (Å²) in [6, 6.07) is 0. The Morgan fingerprint density at radius 1 is 1.64 bits per heavy atom. The Morgan fingerprint density at radius 2 is 2.21 bits per heavy atom. The molecule has 0 aliphatic heterocycles. The van der Waals surface area contributed by atoms with Crippen molar-refractivity contribution >= 4 is 21.6 Å². The molecule has 1 aromatic heterocycles. The minimum atomic E-state index is -2.78. The summed E-state index contributed by atoms with van der Waals surface area (Å²) in [5.41, 5.74) is -0.803. The molecule has 0 amide bonds. The molecule has 0 saturated heterocycles. The summed E-state index contributed by atoms with van der Waals surface area (Å²) < 4.78 is 24.7. The van der Waals surface area contributed by atoms with Crippen molar-refractivity contribution in [2.45, 2.75) is 13.3 Å². The molecular weight excluding hydrogens is 262 g/mol. The molecule has 0 saturated carbocycles. The number of nitrogens with zero attached hydrogens (tertiary/aromatic N) is 2. The second kappa shape index (κ2) is 3.95. The van der Waals surface area contributed by atoms with E-state index in [0.717, 1.165) is 6.20 Å². The molecule has 7 heteroatoms. The molecule has 0 atom stereocenters. The van der Waals surface area contributed by atoms with Crippen molar-refractivity contribution in [3.8, 4) is 0 Å². The van der Waals surface area contributed by atoms with E-state index in [2.05, 4.69) is 20.9 Å². The monoisotopic (exact) mass is 266 g/mol. The molecule has 0 aliphatic rings. The topological polar surface area (TPSA) is 56.0 Å². The molecule has 0 spiro atoms. The zero-order chi connectivity index (χ0) is 10.9. The van der Waals surface area contributed by atoms with E-state index >= 15 is 0 Å². The van der Waals surface area contributed by atoms with E-state index in [4.69, 9.17) is 0 Å². The molecule has 0 radical (unpaired) electrons. The van der Waals surface area contributed by atoms with Crippen molar-refractivity contribution in [1.29, 1.82) is 0 Å². The van der Waals surface area contributed by atoms with Gasteiger partial charge >= 0.3 is 5.69 Å². The van der Waals surface area contributed by atoms with Crippen molar-refractivity contribution in [2.24, 2.45) is 0 Å². The van der Waals surface area contributed by atoms with Gasteiger partial charge in [-0.15, -0.1) is 0 Å². The van der Waals surface area contributed by atoms with E-state index in [1.54, 1.807) is 0 Å². The Hall–Kier alpha value is -1.11. The van der Waals surface area contributed by atoms with Crippen LogP contribution in [0.15, 0.2) is 10.7 Å². The minimum Gasteiger partial charge on any atom is -0.258 e. The van der Waals surface area contributed by atoms with E-state index in [1.165, 1.54) is 6.92 Å². The van der Waals surface area contributed by atoms with Crippen LogP contribution in [0.3, 0.4) is 0 Å². The Kier molecular flexibility index (Phi) is 3.10. The van der Waals surface area contributed by atoms with Gasteiger partial charge in [-0.05, 0) is 22.9 Å². The third kappa shape index (κ3) is 1.87. The highest BCUT2D eigenvalue weighted by Crippen LogP contribution is 2.35. The van der Waals surface area contributed by atoms with Crippen LogP contribution in [-0.4, -0.2) is 9.91 Å². The average Bonchev–Trinajstić information content (AvgIpc) is 2.02. The largest absolute Gasteiger partial charge is 0.302 e.